The van der Waals surface area contributed by atoms with Crippen molar-refractivity contribution in [3.63, 3.8) is 0 Å². The fourth-order valence-corrected chi connectivity index (χ4v) is 5.79. The predicted molar refractivity (Wildman–Crippen MR) is 149 cm³/mol. The van der Waals surface area contributed by atoms with Crippen LogP contribution in [0, 0.1) is 13.8 Å². The first kappa shape index (κ1) is 23.5. The fourth-order valence-electron chi connectivity index (χ4n) is 4.62. The largest absolute Gasteiger partial charge is 0.398 e. The van der Waals surface area contributed by atoms with Crippen LogP contribution in [0.2, 0.25) is 0 Å². The molecule has 2 aromatic carbocycles. The lowest BCUT2D eigenvalue weighted by Crippen LogP contribution is -2.64. The van der Waals surface area contributed by atoms with Crippen LogP contribution < -0.4 is 32.7 Å². The van der Waals surface area contributed by atoms with Crippen molar-refractivity contribution in [1.29, 1.82) is 0 Å². The lowest BCUT2D eigenvalue weighted by molar-refractivity contribution is 0.539. The van der Waals surface area contributed by atoms with E-state index in [2.05, 4.69) is 9.97 Å². The third-order valence-electron chi connectivity index (χ3n) is 6.23. The summed E-state index contributed by atoms with van der Waals surface area (Å²) in [5.41, 5.74) is 32.4. The zero-order valence-electron chi connectivity index (χ0n) is 19.7. The molecule has 10 heteroatoms. The summed E-state index contributed by atoms with van der Waals surface area (Å²) in [6, 6.07) is 15.4. The van der Waals surface area contributed by atoms with Crippen LogP contribution in [-0.4, -0.2) is 28.7 Å². The van der Waals surface area contributed by atoms with Gasteiger partial charge in [0.2, 0.25) is 0 Å². The SMILES string of the molecule is CSC1=C(Cl)N(c2ccc3nc(C)cc(N)c3c2)C(N)N(c2ccc3nc(C)cc(N)c3c2)C1N. The maximum absolute atomic E-state index is 6.90. The summed E-state index contributed by atoms with van der Waals surface area (Å²) in [5, 5.41) is 2.14. The molecule has 5 rings (SSSR count). The standard InChI is InChI=1S/C25H27ClN8S/c1-12-8-18(27)16-10-14(4-6-20(16)31-12)33-23(26)22(35-3)24(29)34(25(33)30)15-5-7-21-17(11-15)19(28)9-13(2)32-21/h4-11,24-25H,29-30H2,1-3H3,(H2,27,31)(H2,28,32). The zero-order chi connectivity index (χ0) is 25.0. The minimum absolute atomic E-state index is 0.476. The van der Waals surface area contributed by atoms with Crippen molar-refractivity contribution in [2.45, 2.75) is 26.3 Å². The topological polar surface area (TPSA) is 136 Å². The van der Waals surface area contributed by atoms with E-state index in [-0.39, 0.29) is 0 Å². The number of benzene rings is 2. The number of halogens is 1. The Kier molecular flexibility index (Phi) is 5.88. The van der Waals surface area contributed by atoms with Crippen LogP contribution in [0.15, 0.2) is 58.6 Å². The van der Waals surface area contributed by atoms with E-state index in [4.69, 9.17) is 34.5 Å². The number of fused-ring (bicyclic) bond motifs is 2. The molecule has 1 aliphatic heterocycles. The van der Waals surface area contributed by atoms with E-state index in [1.165, 1.54) is 11.8 Å². The number of hydrogen-bond donors (Lipinski definition) is 4. The van der Waals surface area contributed by atoms with Crippen LogP contribution in [0.3, 0.4) is 0 Å². The molecule has 0 radical (unpaired) electrons. The van der Waals surface area contributed by atoms with E-state index in [1.54, 1.807) is 0 Å². The van der Waals surface area contributed by atoms with E-state index in [1.807, 2.05) is 78.4 Å². The van der Waals surface area contributed by atoms with Crippen LogP contribution in [0.5, 0.6) is 0 Å². The molecule has 8 nitrogen and oxygen atoms in total. The van der Waals surface area contributed by atoms with Crippen LogP contribution in [0.4, 0.5) is 22.7 Å². The first-order valence-electron chi connectivity index (χ1n) is 11.1. The van der Waals surface area contributed by atoms with Crippen LogP contribution in [0.25, 0.3) is 21.8 Å². The molecule has 0 aliphatic carbocycles. The number of nitrogens with zero attached hydrogens (tertiary/aromatic N) is 4. The Morgan fingerprint density at radius 3 is 1.89 bits per heavy atom. The Morgan fingerprint density at radius 1 is 0.829 bits per heavy atom. The molecule has 0 fully saturated rings. The molecule has 35 heavy (non-hydrogen) atoms. The molecule has 2 unspecified atom stereocenters. The van der Waals surface area contributed by atoms with Gasteiger partial charge in [-0.15, -0.1) is 11.8 Å². The summed E-state index contributed by atoms with van der Waals surface area (Å²) in [6.07, 6.45) is 0.708. The number of thioether (sulfide) groups is 1. The van der Waals surface area contributed by atoms with E-state index < -0.39 is 12.5 Å². The Bertz CT molecular complexity index is 1500. The molecule has 0 bridgehead atoms. The van der Waals surface area contributed by atoms with Gasteiger partial charge in [0.1, 0.15) is 11.3 Å². The van der Waals surface area contributed by atoms with Crippen molar-refractivity contribution >= 4 is 67.9 Å². The minimum atomic E-state index is -0.692. The number of aromatic nitrogens is 2. The van der Waals surface area contributed by atoms with Gasteiger partial charge >= 0.3 is 0 Å². The summed E-state index contributed by atoms with van der Waals surface area (Å²) < 4.78 is 0. The van der Waals surface area contributed by atoms with Crippen molar-refractivity contribution in [3.05, 3.63) is 70.0 Å². The molecular weight excluding hydrogens is 480 g/mol. The fraction of sp³-hybridized carbons (Fsp3) is 0.200. The maximum atomic E-state index is 6.90. The number of pyridine rings is 2. The highest BCUT2D eigenvalue weighted by atomic mass is 35.5. The number of rotatable bonds is 3. The molecule has 4 aromatic rings. The van der Waals surface area contributed by atoms with Crippen molar-refractivity contribution < 1.29 is 0 Å². The highest BCUT2D eigenvalue weighted by Gasteiger charge is 2.38. The Labute approximate surface area is 212 Å². The van der Waals surface area contributed by atoms with Gasteiger partial charge in [0, 0.05) is 44.9 Å². The minimum Gasteiger partial charge on any atom is -0.398 e. The molecular formula is C25H27ClN8S. The van der Waals surface area contributed by atoms with Gasteiger partial charge in [-0.2, -0.15) is 0 Å². The lowest BCUT2D eigenvalue weighted by atomic mass is 10.1. The van der Waals surface area contributed by atoms with Gasteiger partial charge in [-0.3, -0.25) is 20.6 Å². The van der Waals surface area contributed by atoms with E-state index in [9.17, 15) is 0 Å². The average Bonchev–Trinajstić information content (AvgIpc) is 2.80. The van der Waals surface area contributed by atoms with Crippen LogP contribution >= 0.6 is 23.4 Å². The first-order chi connectivity index (χ1) is 16.7. The molecule has 0 amide bonds. The summed E-state index contributed by atoms with van der Waals surface area (Å²) in [6.45, 7) is 3.84. The van der Waals surface area contributed by atoms with Gasteiger partial charge in [-0.05, 0) is 68.6 Å². The monoisotopic (exact) mass is 506 g/mol. The van der Waals surface area contributed by atoms with E-state index in [0.717, 1.165) is 49.5 Å². The second-order valence-electron chi connectivity index (χ2n) is 8.60. The van der Waals surface area contributed by atoms with E-state index >= 15 is 0 Å². The summed E-state index contributed by atoms with van der Waals surface area (Å²) in [7, 11) is 0. The normalized spacial score (nSPS) is 18.7. The maximum Gasteiger partial charge on any atom is 0.161 e. The third-order valence-corrected chi connectivity index (χ3v) is 7.61. The molecule has 8 N–H and O–H groups in total. The molecule has 1 aliphatic rings. The molecule has 3 heterocycles. The van der Waals surface area contributed by atoms with Crippen LogP contribution in [-0.2, 0) is 0 Å². The first-order valence-corrected chi connectivity index (χ1v) is 12.7. The second-order valence-corrected chi connectivity index (χ2v) is 9.81. The average molecular weight is 507 g/mol. The van der Waals surface area contributed by atoms with Crippen molar-refractivity contribution in [2.24, 2.45) is 11.5 Å². The van der Waals surface area contributed by atoms with Gasteiger partial charge < -0.3 is 22.1 Å². The Balaban J connectivity index is 1.66. The summed E-state index contributed by atoms with van der Waals surface area (Å²) in [5.74, 6) is 0. The number of anilines is 4. The van der Waals surface area contributed by atoms with Gasteiger partial charge in [0.05, 0.1) is 15.9 Å². The quantitative estimate of drug-likeness (QED) is 0.301. The third kappa shape index (κ3) is 3.90. The summed E-state index contributed by atoms with van der Waals surface area (Å²) in [4.78, 5) is 13.7. The van der Waals surface area contributed by atoms with Gasteiger partial charge in [0.25, 0.3) is 0 Å². The van der Waals surface area contributed by atoms with E-state index in [0.29, 0.717) is 16.5 Å². The molecule has 180 valence electrons. The zero-order valence-corrected chi connectivity index (χ0v) is 21.2. The highest BCUT2D eigenvalue weighted by Crippen LogP contribution is 2.40. The molecule has 0 spiro atoms. The Hall–Kier alpha value is -3.24. The Morgan fingerprint density at radius 2 is 1.34 bits per heavy atom. The molecule has 0 saturated carbocycles. The van der Waals surface area contributed by atoms with Gasteiger partial charge in [0.15, 0.2) is 6.29 Å². The molecule has 2 aromatic heterocycles. The molecule has 0 saturated heterocycles. The molecule has 2 atom stereocenters. The number of aryl methyl sites for hydroxylation is 2. The lowest BCUT2D eigenvalue weighted by Gasteiger charge is -2.47. The van der Waals surface area contributed by atoms with Gasteiger partial charge in [-0.25, -0.2) is 0 Å². The van der Waals surface area contributed by atoms with Crippen molar-refractivity contribution in [3.8, 4) is 0 Å². The number of nitrogen functional groups attached to an aromatic ring is 2. The number of nitrogens with two attached hydrogens (primary N) is 4. The second kappa shape index (κ2) is 8.76. The highest BCUT2D eigenvalue weighted by molar-refractivity contribution is 8.02. The smallest absolute Gasteiger partial charge is 0.161 e. The summed E-state index contributed by atoms with van der Waals surface area (Å²) >= 11 is 8.39. The predicted octanol–water partition coefficient (Wildman–Crippen LogP) is 4.19. The number of hydrogen-bond acceptors (Lipinski definition) is 9. The van der Waals surface area contributed by atoms with Crippen molar-refractivity contribution in [2.75, 3.05) is 27.5 Å². The van der Waals surface area contributed by atoms with Crippen molar-refractivity contribution in [1.82, 2.24) is 9.97 Å². The van der Waals surface area contributed by atoms with Gasteiger partial charge in [-0.1, -0.05) is 11.6 Å². The van der Waals surface area contributed by atoms with Crippen LogP contribution in [0.1, 0.15) is 11.4 Å².